The Balaban J connectivity index is 2.84. The first kappa shape index (κ1) is 16.6. The standard InChI is InChI=1S/C13H17BrN2O4/c1-4-20-13(2,3)8-15-12(17)9-6-5-7-10(11(9)14)16(18)19/h5-7H,4,8H2,1-3H3,(H,15,17). The number of carbonyl (C=O) groups is 1. The van der Waals surface area contributed by atoms with Crippen molar-refractivity contribution in [3.63, 3.8) is 0 Å². The minimum Gasteiger partial charge on any atom is -0.374 e. The smallest absolute Gasteiger partial charge is 0.284 e. The first-order chi connectivity index (χ1) is 9.28. The molecule has 110 valence electrons. The average Bonchev–Trinajstić information content (AvgIpc) is 2.36. The van der Waals surface area contributed by atoms with Crippen LogP contribution in [0.2, 0.25) is 0 Å². The number of nitrogens with zero attached hydrogens (tertiary/aromatic N) is 1. The number of amides is 1. The van der Waals surface area contributed by atoms with Crippen molar-refractivity contribution in [2.45, 2.75) is 26.4 Å². The van der Waals surface area contributed by atoms with E-state index in [4.69, 9.17) is 4.74 Å². The van der Waals surface area contributed by atoms with E-state index >= 15 is 0 Å². The Bertz CT molecular complexity index is 517. The molecule has 0 heterocycles. The molecule has 0 unspecified atom stereocenters. The largest absolute Gasteiger partial charge is 0.374 e. The number of benzene rings is 1. The quantitative estimate of drug-likeness (QED) is 0.635. The molecular formula is C13H17BrN2O4. The summed E-state index contributed by atoms with van der Waals surface area (Å²) in [5.74, 6) is -0.381. The fraction of sp³-hybridized carbons (Fsp3) is 0.462. The van der Waals surface area contributed by atoms with Gasteiger partial charge in [-0.15, -0.1) is 0 Å². The van der Waals surface area contributed by atoms with Crippen molar-refractivity contribution >= 4 is 27.5 Å². The lowest BCUT2D eigenvalue weighted by molar-refractivity contribution is -0.385. The molecule has 0 aromatic heterocycles. The van der Waals surface area contributed by atoms with Crippen LogP contribution < -0.4 is 5.32 Å². The first-order valence-electron chi connectivity index (χ1n) is 6.13. The molecular weight excluding hydrogens is 328 g/mol. The third-order valence-electron chi connectivity index (χ3n) is 2.63. The minimum atomic E-state index is -0.537. The highest BCUT2D eigenvalue weighted by molar-refractivity contribution is 9.10. The maximum atomic E-state index is 12.1. The van der Waals surface area contributed by atoms with Crippen LogP contribution >= 0.6 is 15.9 Å². The van der Waals surface area contributed by atoms with Crippen LogP contribution in [-0.4, -0.2) is 29.6 Å². The van der Waals surface area contributed by atoms with Crippen LogP contribution in [0, 0.1) is 10.1 Å². The molecule has 0 spiro atoms. The highest BCUT2D eigenvalue weighted by Crippen LogP contribution is 2.28. The van der Waals surface area contributed by atoms with Crippen LogP contribution in [0.5, 0.6) is 0 Å². The lowest BCUT2D eigenvalue weighted by Gasteiger charge is -2.24. The van der Waals surface area contributed by atoms with E-state index in [1.807, 2.05) is 20.8 Å². The molecule has 0 atom stereocenters. The van der Waals surface area contributed by atoms with Gasteiger partial charge in [0, 0.05) is 19.2 Å². The van der Waals surface area contributed by atoms with Gasteiger partial charge in [-0.2, -0.15) is 0 Å². The van der Waals surface area contributed by atoms with Gasteiger partial charge >= 0.3 is 0 Å². The first-order valence-corrected chi connectivity index (χ1v) is 6.93. The fourth-order valence-electron chi connectivity index (χ4n) is 1.67. The Hall–Kier alpha value is -1.47. The van der Waals surface area contributed by atoms with Gasteiger partial charge < -0.3 is 10.1 Å². The lowest BCUT2D eigenvalue weighted by Crippen LogP contribution is -2.40. The number of ether oxygens (including phenoxy) is 1. The van der Waals surface area contributed by atoms with Crippen molar-refractivity contribution in [2.75, 3.05) is 13.2 Å². The van der Waals surface area contributed by atoms with E-state index in [0.29, 0.717) is 13.2 Å². The number of carbonyl (C=O) groups excluding carboxylic acids is 1. The van der Waals surface area contributed by atoms with Gasteiger partial charge in [0.2, 0.25) is 0 Å². The molecule has 7 heteroatoms. The number of hydrogen-bond donors (Lipinski definition) is 1. The van der Waals surface area contributed by atoms with Crippen molar-refractivity contribution in [3.05, 3.63) is 38.3 Å². The number of rotatable bonds is 6. The van der Waals surface area contributed by atoms with E-state index in [-0.39, 0.29) is 21.6 Å². The maximum Gasteiger partial charge on any atom is 0.284 e. The monoisotopic (exact) mass is 344 g/mol. The van der Waals surface area contributed by atoms with Crippen molar-refractivity contribution in [2.24, 2.45) is 0 Å². The van der Waals surface area contributed by atoms with Gasteiger partial charge in [0.05, 0.1) is 16.1 Å². The maximum absolute atomic E-state index is 12.1. The summed E-state index contributed by atoms with van der Waals surface area (Å²) in [7, 11) is 0. The summed E-state index contributed by atoms with van der Waals surface area (Å²) in [5, 5.41) is 13.5. The number of nitro groups is 1. The summed E-state index contributed by atoms with van der Waals surface area (Å²) in [5.41, 5.74) is -0.398. The summed E-state index contributed by atoms with van der Waals surface area (Å²) in [6.45, 7) is 6.46. The van der Waals surface area contributed by atoms with E-state index < -0.39 is 10.5 Å². The molecule has 0 saturated heterocycles. The third kappa shape index (κ3) is 4.28. The number of halogens is 1. The van der Waals surface area contributed by atoms with Gasteiger partial charge in [0.15, 0.2) is 0 Å². The summed E-state index contributed by atoms with van der Waals surface area (Å²) >= 11 is 3.10. The molecule has 0 aliphatic heterocycles. The van der Waals surface area contributed by atoms with Crippen LogP contribution in [0.3, 0.4) is 0 Å². The molecule has 20 heavy (non-hydrogen) atoms. The zero-order valence-electron chi connectivity index (χ0n) is 11.6. The second-order valence-corrected chi connectivity index (χ2v) is 5.56. The van der Waals surface area contributed by atoms with Crippen LogP contribution in [0.4, 0.5) is 5.69 Å². The second kappa shape index (κ2) is 6.81. The lowest BCUT2D eigenvalue weighted by atomic mass is 10.1. The Morgan fingerprint density at radius 2 is 2.15 bits per heavy atom. The second-order valence-electron chi connectivity index (χ2n) is 4.77. The highest BCUT2D eigenvalue weighted by atomic mass is 79.9. The molecule has 1 amide bonds. The summed E-state index contributed by atoms with van der Waals surface area (Å²) in [6, 6.07) is 4.34. The molecule has 1 N–H and O–H groups in total. The van der Waals surface area contributed by atoms with Gasteiger partial charge in [0.1, 0.15) is 4.47 Å². The van der Waals surface area contributed by atoms with Crippen LogP contribution in [0.1, 0.15) is 31.1 Å². The molecule has 0 radical (unpaired) electrons. The zero-order chi connectivity index (χ0) is 15.3. The highest BCUT2D eigenvalue weighted by Gasteiger charge is 2.22. The molecule has 0 fully saturated rings. The number of hydrogen-bond acceptors (Lipinski definition) is 4. The predicted molar refractivity (Wildman–Crippen MR) is 78.8 cm³/mol. The van der Waals surface area contributed by atoms with Crippen molar-refractivity contribution in [3.8, 4) is 0 Å². The van der Waals surface area contributed by atoms with Gasteiger partial charge in [-0.3, -0.25) is 14.9 Å². The van der Waals surface area contributed by atoms with E-state index in [2.05, 4.69) is 21.2 Å². The number of nitro benzene ring substituents is 1. The minimum absolute atomic E-state index is 0.137. The molecule has 1 rings (SSSR count). The molecule has 0 bridgehead atoms. The molecule has 1 aromatic rings. The molecule has 0 aliphatic rings. The van der Waals surface area contributed by atoms with Crippen molar-refractivity contribution in [1.29, 1.82) is 0 Å². The Kier molecular flexibility index (Phi) is 5.64. The summed E-state index contributed by atoms with van der Waals surface area (Å²) in [6.07, 6.45) is 0. The average molecular weight is 345 g/mol. The Labute approximate surface area is 125 Å². The van der Waals surface area contributed by atoms with E-state index in [1.165, 1.54) is 18.2 Å². The molecule has 0 aliphatic carbocycles. The molecule has 6 nitrogen and oxygen atoms in total. The van der Waals surface area contributed by atoms with Gasteiger partial charge in [-0.1, -0.05) is 6.07 Å². The van der Waals surface area contributed by atoms with Gasteiger partial charge in [0.25, 0.3) is 11.6 Å². The van der Waals surface area contributed by atoms with Crippen LogP contribution in [0.15, 0.2) is 22.7 Å². The van der Waals surface area contributed by atoms with E-state index in [0.717, 1.165) is 0 Å². The molecule has 0 saturated carbocycles. The topological polar surface area (TPSA) is 81.5 Å². The summed E-state index contributed by atoms with van der Waals surface area (Å²) in [4.78, 5) is 22.4. The molecule has 1 aromatic carbocycles. The normalized spacial score (nSPS) is 11.2. The van der Waals surface area contributed by atoms with Gasteiger partial charge in [-0.05, 0) is 42.8 Å². The van der Waals surface area contributed by atoms with Crippen molar-refractivity contribution in [1.82, 2.24) is 5.32 Å². The third-order valence-corrected chi connectivity index (χ3v) is 3.46. The van der Waals surface area contributed by atoms with Gasteiger partial charge in [-0.25, -0.2) is 0 Å². The Morgan fingerprint density at radius 1 is 1.50 bits per heavy atom. The zero-order valence-corrected chi connectivity index (χ0v) is 13.2. The fourth-order valence-corrected chi connectivity index (χ4v) is 2.26. The SMILES string of the molecule is CCOC(C)(C)CNC(=O)c1cccc([N+](=O)[O-])c1Br. The van der Waals surface area contributed by atoms with Crippen molar-refractivity contribution < 1.29 is 14.5 Å². The van der Waals surface area contributed by atoms with Crippen LogP contribution in [0.25, 0.3) is 0 Å². The predicted octanol–water partition coefficient (Wildman–Crippen LogP) is 2.90. The van der Waals surface area contributed by atoms with E-state index in [1.54, 1.807) is 0 Å². The number of nitrogens with one attached hydrogen (secondary N) is 1. The Morgan fingerprint density at radius 3 is 2.70 bits per heavy atom. The summed E-state index contributed by atoms with van der Waals surface area (Å²) < 4.78 is 5.65. The van der Waals surface area contributed by atoms with E-state index in [9.17, 15) is 14.9 Å². The van der Waals surface area contributed by atoms with Crippen LogP contribution in [-0.2, 0) is 4.74 Å².